The summed E-state index contributed by atoms with van der Waals surface area (Å²) in [6, 6.07) is 18.5. The van der Waals surface area contributed by atoms with Crippen LogP contribution in [0.3, 0.4) is 0 Å². The van der Waals surface area contributed by atoms with E-state index in [2.05, 4.69) is 15.7 Å². The van der Waals surface area contributed by atoms with Crippen LogP contribution in [0.15, 0.2) is 88.8 Å². The van der Waals surface area contributed by atoms with Crippen molar-refractivity contribution < 1.29 is 9.53 Å². The zero-order valence-corrected chi connectivity index (χ0v) is 24.3. The number of aromatic nitrogens is 3. The maximum atomic E-state index is 13.6. The van der Waals surface area contributed by atoms with Crippen LogP contribution in [0.1, 0.15) is 15.9 Å². The topological polar surface area (TPSA) is 110 Å². The number of morpholine rings is 1. The Bertz CT molecular complexity index is 1960. The van der Waals surface area contributed by atoms with Gasteiger partial charge >= 0.3 is 0 Å². The molecule has 0 bridgehead atoms. The van der Waals surface area contributed by atoms with Gasteiger partial charge in [-0.25, -0.2) is 4.98 Å². The molecule has 0 unspecified atom stereocenters. The van der Waals surface area contributed by atoms with Gasteiger partial charge in [-0.05, 0) is 53.9 Å². The molecule has 1 amide bonds. The summed E-state index contributed by atoms with van der Waals surface area (Å²) >= 11 is 0. The number of aryl methyl sites for hydroxylation is 1. The number of rotatable bonds is 6. The highest BCUT2D eigenvalue weighted by Crippen LogP contribution is 2.32. The summed E-state index contributed by atoms with van der Waals surface area (Å²) in [5.41, 5.74) is 8.47. The number of ether oxygens (including phenoxy) is 1. The number of carbonyl (C=O) groups excluding carboxylic acids is 1. The zero-order chi connectivity index (χ0) is 30.1. The summed E-state index contributed by atoms with van der Waals surface area (Å²) in [5.74, 6) is 0.352. The van der Waals surface area contributed by atoms with Crippen molar-refractivity contribution >= 4 is 28.3 Å². The Labute approximate surface area is 248 Å². The second kappa shape index (κ2) is 11.6. The molecular formula is C33H32N6O4. The van der Waals surface area contributed by atoms with Crippen LogP contribution >= 0.6 is 0 Å². The summed E-state index contributed by atoms with van der Waals surface area (Å²) in [6.45, 7) is 4.13. The van der Waals surface area contributed by atoms with E-state index in [9.17, 15) is 14.4 Å². The first-order chi connectivity index (χ1) is 20.9. The number of carbonyl (C=O) groups is 1. The van der Waals surface area contributed by atoms with Crippen molar-refractivity contribution in [1.82, 2.24) is 19.1 Å². The third kappa shape index (κ3) is 5.28. The fourth-order valence-electron chi connectivity index (χ4n) is 5.53. The Balaban J connectivity index is 1.34. The van der Waals surface area contributed by atoms with Crippen molar-refractivity contribution in [3.8, 4) is 22.3 Å². The summed E-state index contributed by atoms with van der Waals surface area (Å²) in [6.07, 6.45) is 5.12. The van der Waals surface area contributed by atoms with E-state index in [4.69, 9.17) is 4.74 Å². The summed E-state index contributed by atoms with van der Waals surface area (Å²) in [4.78, 5) is 45.6. The number of nitrogens with zero attached hydrogens (tertiary/aromatic N) is 4. The highest BCUT2D eigenvalue weighted by Gasteiger charge is 2.19. The highest BCUT2D eigenvalue weighted by molar-refractivity contribution is 5.94. The van der Waals surface area contributed by atoms with Gasteiger partial charge < -0.3 is 24.9 Å². The Morgan fingerprint density at radius 3 is 2.44 bits per heavy atom. The van der Waals surface area contributed by atoms with Gasteiger partial charge in [-0.1, -0.05) is 30.3 Å². The SMILES string of the molecule is CNn1cc(-c2cccc(-c3cc(Nc4ccc(C(=O)N5CCOCC5)cn4)c(=O)n(C)c3)c2C)c(=O)c2ccccc21. The molecule has 1 aliphatic heterocycles. The predicted molar refractivity (Wildman–Crippen MR) is 169 cm³/mol. The summed E-state index contributed by atoms with van der Waals surface area (Å²) < 4.78 is 8.70. The van der Waals surface area contributed by atoms with Gasteiger partial charge in [0.25, 0.3) is 11.5 Å². The van der Waals surface area contributed by atoms with E-state index in [-0.39, 0.29) is 16.9 Å². The average molecular weight is 577 g/mol. The van der Waals surface area contributed by atoms with Crippen LogP contribution < -0.4 is 21.7 Å². The quantitative estimate of drug-likeness (QED) is 0.313. The maximum Gasteiger partial charge on any atom is 0.274 e. The molecule has 2 aromatic carbocycles. The number of para-hydroxylation sites is 1. The molecule has 1 fully saturated rings. The smallest absolute Gasteiger partial charge is 0.274 e. The van der Waals surface area contributed by atoms with Crippen molar-refractivity contribution in [3.05, 3.63) is 111 Å². The Morgan fingerprint density at radius 1 is 0.930 bits per heavy atom. The molecule has 0 spiro atoms. The first kappa shape index (κ1) is 27.9. The van der Waals surface area contributed by atoms with Gasteiger partial charge in [0, 0.05) is 62.3 Å². The highest BCUT2D eigenvalue weighted by atomic mass is 16.5. The standard InChI is InChI=1S/C33H32N6O4/c1-21-24(8-6-9-25(21)27-20-39(34-2)29-10-5-4-7-26(29)31(27)40)23-17-28(33(42)37(3)19-23)36-30-12-11-22(18-35-30)32(41)38-13-15-43-16-14-38/h4-12,17-20,34H,13-16H2,1-3H3,(H,35,36). The minimum absolute atomic E-state index is 0.0493. The maximum absolute atomic E-state index is 13.6. The summed E-state index contributed by atoms with van der Waals surface area (Å²) in [5, 5.41) is 3.75. The van der Waals surface area contributed by atoms with E-state index in [0.29, 0.717) is 54.3 Å². The molecular weight excluding hydrogens is 544 g/mol. The Morgan fingerprint density at radius 2 is 1.70 bits per heavy atom. The fraction of sp³-hybridized carbons (Fsp3) is 0.212. The molecule has 1 aliphatic rings. The molecule has 10 nitrogen and oxygen atoms in total. The largest absolute Gasteiger partial charge is 0.378 e. The van der Waals surface area contributed by atoms with Crippen LogP contribution in [-0.4, -0.2) is 58.4 Å². The lowest BCUT2D eigenvalue weighted by atomic mass is 9.93. The van der Waals surface area contributed by atoms with Gasteiger partial charge in [0.05, 0.1) is 24.3 Å². The molecule has 1 saturated heterocycles. The number of hydrogen-bond acceptors (Lipinski definition) is 7. The van der Waals surface area contributed by atoms with Gasteiger partial charge in [-0.2, -0.15) is 0 Å². The average Bonchev–Trinajstić information content (AvgIpc) is 3.04. The molecule has 5 aromatic rings. The molecule has 0 saturated carbocycles. The molecule has 43 heavy (non-hydrogen) atoms. The number of nitrogens with one attached hydrogen (secondary N) is 2. The van der Waals surface area contributed by atoms with Crippen LogP contribution in [0.2, 0.25) is 0 Å². The Hall–Kier alpha value is -5.22. The minimum atomic E-state index is -0.223. The van der Waals surface area contributed by atoms with Gasteiger partial charge in [-0.3, -0.25) is 19.1 Å². The molecule has 0 atom stereocenters. The second-order valence-electron chi connectivity index (χ2n) is 10.5. The van der Waals surface area contributed by atoms with Gasteiger partial charge in [0.15, 0.2) is 5.43 Å². The van der Waals surface area contributed by atoms with E-state index < -0.39 is 0 Å². The molecule has 4 heterocycles. The van der Waals surface area contributed by atoms with Crippen LogP contribution in [0, 0.1) is 6.92 Å². The zero-order valence-electron chi connectivity index (χ0n) is 24.3. The number of pyridine rings is 3. The molecule has 6 rings (SSSR count). The third-order valence-electron chi connectivity index (χ3n) is 7.84. The van der Waals surface area contributed by atoms with Gasteiger partial charge in [-0.15, -0.1) is 0 Å². The monoisotopic (exact) mass is 576 g/mol. The number of benzene rings is 2. The van der Waals surface area contributed by atoms with Crippen LogP contribution in [-0.2, 0) is 11.8 Å². The number of fused-ring (bicyclic) bond motifs is 1. The first-order valence-corrected chi connectivity index (χ1v) is 14.1. The van der Waals surface area contributed by atoms with Crippen LogP contribution in [0.25, 0.3) is 33.2 Å². The lowest BCUT2D eigenvalue weighted by Crippen LogP contribution is -2.40. The van der Waals surface area contributed by atoms with Gasteiger partial charge in [0.2, 0.25) is 0 Å². The fourth-order valence-corrected chi connectivity index (χ4v) is 5.53. The summed E-state index contributed by atoms with van der Waals surface area (Å²) in [7, 11) is 3.51. The lowest BCUT2D eigenvalue weighted by Gasteiger charge is -2.26. The van der Waals surface area contributed by atoms with E-state index >= 15 is 0 Å². The normalized spacial score (nSPS) is 13.2. The van der Waals surface area contributed by atoms with Crippen molar-refractivity contribution in [2.45, 2.75) is 6.92 Å². The molecule has 218 valence electrons. The van der Waals surface area contributed by atoms with Crippen molar-refractivity contribution in [1.29, 1.82) is 0 Å². The molecule has 3 aromatic heterocycles. The molecule has 0 radical (unpaired) electrons. The molecule has 10 heteroatoms. The van der Waals surface area contributed by atoms with E-state index in [1.807, 2.05) is 67.3 Å². The van der Waals surface area contributed by atoms with E-state index in [1.54, 1.807) is 36.3 Å². The molecule has 2 N–H and O–H groups in total. The van der Waals surface area contributed by atoms with Gasteiger partial charge in [0.1, 0.15) is 11.5 Å². The van der Waals surface area contributed by atoms with Crippen LogP contribution in [0.5, 0.6) is 0 Å². The van der Waals surface area contributed by atoms with Crippen molar-refractivity contribution in [2.24, 2.45) is 7.05 Å². The molecule has 0 aliphatic carbocycles. The third-order valence-corrected chi connectivity index (χ3v) is 7.84. The van der Waals surface area contributed by atoms with Crippen molar-refractivity contribution in [3.63, 3.8) is 0 Å². The minimum Gasteiger partial charge on any atom is -0.378 e. The lowest BCUT2D eigenvalue weighted by molar-refractivity contribution is 0.0302. The van der Waals surface area contributed by atoms with E-state index in [1.165, 1.54) is 10.8 Å². The predicted octanol–water partition coefficient (Wildman–Crippen LogP) is 4.13. The van der Waals surface area contributed by atoms with E-state index in [0.717, 1.165) is 27.8 Å². The number of anilines is 2. The second-order valence-corrected chi connectivity index (χ2v) is 10.5. The van der Waals surface area contributed by atoms with Crippen LogP contribution in [0.4, 0.5) is 11.5 Å². The number of hydrogen-bond donors (Lipinski definition) is 2. The Kier molecular flexibility index (Phi) is 7.52. The number of amides is 1. The van der Waals surface area contributed by atoms with Crippen molar-refractivity contribution in [2.75, 3.05) is 44.1 Å². The first-order valence-electron chi connectivity index (χ1n) is 14.1.